The van der Waals surface area contributed by atoms with Crippen LogP contribution in [0.3, 0.4) is 0 Å². The van der Waals surface area contributed by atoms with E-state index in [0.29, 0.717) is 118 Å². The van der Waals surface area contributed by atoms with Gasteiger partial charge >= 0.3 is 11.9 Å². The van der Waals surface area contributed by atoms with Crippen molar-refractivity contribution in [2.75, 3.05) is 105 Å². The number of carbonyl (C=O) groups excluding carboxylic acids is 2. The molecule has 0 aliphatic carbocycles. The molecule has 1 aliphatic rings. The van der Waals surface area contributed by atoms with Crippen molar-refractivity contribution in [3.63, 3.8) is 0 Å². The van der Waals surface area contributed by atoms with Gasteiger partial charge in [-0.1, -0.05) is 24.3 Å². The average Bonchev–Trinajstić information content (AvgIpc) is 3.28. The van der Waals surface area contributed by atoms with Crippen molar-refractivity contribution >= 4 is 23.8 Å². The maximum Gasteiger partial charge on any atom is 0.317 e. The third kappa shape index (κ3) is 20.2. The largest absolute Gasteiger partial charge is 0.480 e. The SMILES string of the molecule is O=C(O)CN1CCN(CCC(=O)NCCN(Cc2ccccn2)Cc2ccccn2)CCN(CC(=O)O)CCN(CCC(=O)NCCN(Cc2ccccn2)Cc2ccccn2)CC1. The molecular weight excluding hydrogens is 817 g/mol. The van der Waals surface area contributed by atoms with Crippen LogP contribution in [0, 0.1) is 0 Å². The van der Waals surface area contributed by atoms with Gasteiger partial charge in [0.1, 0.15) is 0 Å². The summed E-state index contributed by atoms with van der Waals surface area (Å²) >= 11 is 0. The molecule has 5 rings (SSSR count). The Hall–Kier alpha value is -5.76. The summed E-state index contributed by atoms with van der Waals surface area (Å²) in [5.74, 6) is -2.07. The van der Waals surface area contributed by atoms with E-state index in [4.69, 9.17) is 0 Å². The van der Waals surface area contributed by atoms with Gasteiger partial charge in [-0.05, 0) is 48.5 Å². The van der Waals surface area contributed by atoms with E-state index in [1.807, 2.05) is 82.6 Å². The number of aromatic nitrogens is 4. The molecule has 5 heterocycles. The smallest absolute Gasteiger partial charge is 0.317 e. The van der Waals surface area contributed by atoms with E-state index in [-0.39, 0.29) is 37.7 Å². The number of carboxylic acid groups (broad SMARTS) is 2. The second-order valence-electron chi connectivity index (χ2n) is 15.9. The third-order valence-electron chi connectivity index (χ3n) is 10.9. The topological polar surface area (TPSA) is 204 Å². The van der Waals surface area contributed by atoms with Crippen LogP contribution in [0.15, 0.2) is 97.6 Å². The summed E-state index contributed by atoms with van der Waals surface area (Å²) in [6.45, 7) is 8.88. The van der Waals surface area contributed by atoms with Crippen molar-refractivity contribution in [3.05, 3.63) is 120 Å². The van der Waals surface area contributed by atoms with Gasteiger partial charge in [-0.15, -0.1) is 0 Å². The summed E-state index contributed by atoms with van der Waals surface area (Å²) < 4.78 is 0. The van der Waals surface area contributed by atoms with Crippen molar-refractivity contribution in [3.8, 4) is 0 Å². The van der Waals surface area contributed by atoms with Crippen molar-refractivity contribution in [1.82, 2.24) is 60.0 Å². The number of amides is 2. The zero-order chi connectivity index (χ0) is 45.2. The lowest BCUT2D eigenvalue weighted by molar-refractivity contribution is -0.139. The van der Waals surface area contributed by atoms with E-state index < -0.39 is 11.9 Å². The maximum atomic E-state index is 13.2. The van der Waals surface area contributed by atoms with Gasteiger partial charge in [0.25, 0.3) is 0 Å². The normalized spacial score (nSPS) is 15.0. The quantitative estimate of drug-likeness (QED) is 0.0785. The molecule has 4 aromatic rings. The summed E-state index contributed by atoms with van der Waals surface area (Å²) in [4.78, 5) is 80.4. The molecule has 1 aliphatic heterocycles. The first-order chi connectivity index (χ1) is 31.2. The lowest BCUT2D eigenvalue weighted by atomic mass is 10.2. The number of nitrogens with zero attached hydrogens (tertiary/aromatic N) is 10. The number of hydrogen-bond donors (Lipinski definition) is 4. The van der Waals surface area contributed by atoms with Gasteiger partial charge in [-0.25, -0.2) is 0 Å². The first-order valence-corrected chi connectivity index (χ1v) is 22.1. The lowest BCUT2D eigenvalue weighted by Gasteiger charge is -2.33. The number of carbonyl (C=O) groups is 4. The molecule has 4 aromatic heterocycles. The van der Waals surface area contributed by atoms with Crippen LogP contribution >= 0.6 is 0 Å². The molecule has 344 valence electrons. The second kappa shape index (κ2) is 28.1. The number of rotatable bonds is 24. The van der Waals surface area contributed by atoms with Gasteiger partial charge in [-0.2, -0.15) is 0 Å². The molecule has 0 aromatic carbocycles. The van der Waals surface area contributed by atoms with Crippen LogP contribution in [0.4, 0.5) is 0 Å². The molecule has 18 heteroatoms. The highest BCUT2D eigenvalue weighted by Crippen LogP contribution is 2.09. The summed E-state index contributed by atoms with van der Waals surface area (Å²) in [5, 5.41) is 25.7. The van der Waals surface area contributed by atoms with E-state index in [0.717, 1.165) is 22.8 Å². The minimum Gasteiger partial charge on any atom is -0.480 e. The van der Waals surface area contributed by atoms with Crippen LogP contribution in [-0.4, -0.2) is 188 Å². The molecule has 0 radical (unpaired) electrons. The molecule has 1 saturated heterocycles. The number of hydrogen-bond acceptors (Lipinski definition) is 14. The minimum absolute atomic E-state index is 0.0995. The number of pyridine rings is 4. The molecule has 1 fully saturated rings. The van der Waals surface area contributed by atoms with Crippen LogP contribution in [-0.2, 0) is 45.4 Å². The number of aliphatic carboxylic acids is 2. The Balaban J connectivity index is 1.10. The van der Waals surface area contributed by atoms with Crippen LogP contribution in [0.25, 0.3) is 0 Å². The molecule has 0 unspecified atom stereocenters. The Bertz CT molecular complexity index is 1710. The van der Waals surface area contributed by atoms with E-state index in [1.54, 1.807) is 24.8 Å². The summed E-state index contributed by atoms with van der Waals surface area (Å²) in [7, 11) is 0. The molecule has 0 spiro atoms. The molecule has 0 saturated carbocycles. The van der Waals surface area contributed by atoms with Gasteiger partial charge in [0.15, 0.2) is 0 Å². The predicted molar refractivity (Wildman–Crippen MR) is 241 cm³/mol. The molecule has 2 amide bonds. The first kappa shape index (κ1) is 49.3. The monoisotopic (exact) mass is 881 g/mol. The van der Waals surface area contributed by atoms with Crippen LogP contribution < -0.4 is 10.6 Å². The first-order valence-electron chi connectivity index (χ1n) is 22.1. The van der Waals surface area contributed by atoms with Crippen molar-refractivity contribution < 1.29 is 29.4 Å². The minimum atomic E-state index is -0.933. The fourth-order valence-corrected chi connectivity index (χ4v) is 7.44. The highest BCUT2D eigenvalue weighted by molar-refractivity contribution is 5.76. The van der Waals surface area contributed by atoms with Gasteiger partial charge in [0, 0.05) is 155 Å². The lowest BCUT2D eigenvalue weighted by Crippen LogP contribution is -2.48. The van der Waals surface area contributed by atoms with E-state index in [1.165, 1.54) is 0 Å². The molecular formula is C46H64N12O6. The fraction of sp³-hybridized carbons (Fsp3) is 0.478. The Labute approximate surface area is 376 Å². The highest BCUT2D eigenvalue weighted by atomic mass is 16.4. The standard InChI is InChI=1S/C46H64N12O6/c59-43(51-19-23-57(33-39-9-1-5-15-47-39)34-40-10-2-6-16-48-40)13-21-53-25-29-55(37-45(61)62)31-27-54(28-32-56(30-26-53)38-46(63)64)22-14-44(60)52-20-24-58(35-41-11-3-7-17-49-41)36-42-12-4-8-18-50-42/h1-12,15-18H,13-14,19-38H2,(H,51,59)(H,52,60)(H,61,62)(H,63,64). The zero-order valence-corrected chi connectivity index (χ0v) is 36.8. The Morgan fingerprint density at radius 2 is 0.766 bits per heavy atom. The van der Waals surface area contributed by atoms with Crippen LogP contribution in [0.5, 0.6) is 0 Å². The average molecular weight is 881 g/mol. The van der Waals surface area contributed by atoms with E-state index in [9.17, 15) is 29.4 Å². The van der Waals surface area contributed by atoms with Crippen molar-refractivity contribution in [2.24, 2.45) is 0 Å². The molecule has 0 bridgehead atoms. The number of carboxylic acids is 2. The van der Waals surface area contributed by atoms with Crippen molar-refractivity contribution in [2.45, 2.75) is 39.0 Å². The Morgan fingerprint density at radius 3 is 1.03 bits per heavy atom. The third-order valence-corrected chi connectivity index (χ3v) is 10.9. The summed E-state index contributed by atoms with van der Waals surface area (Å²) in [6.07, 6.45) is 7.54. The van der Waals surface area contributed by atoms with Crippen LogP contribution in [0.1, 0.15) is 35.6 Å². The predicted octanol–water partition coefficient (Wildman–Crippen LogP) is 1.37. The fourth-order valence-electron chi connectivity index (χ4n) is 7.44. The zero-order valence-electron chi connectivity index (χ0n) is 36.8. The molecule has 4 N–H and O–H groups in total. The Morgan fingerprint density at radius 1 is 0.469 bits per heavy atom. The molecule has 64 heavy (non-hydrogen) atoms. The van der Waals surface area contributed by atoms with Gasteiger partial charge in [0.05, 0.1) is 35.9 Å². The van der Waals surface area contributed by atoms with E-state index in [2.05, 4.69) is 50.2 Å². The number of nitrogens with one attached hydrogen (secondary N) is 2. The van der Waals surface area contributed by atoms with Crippen LogP contribution in [0.2, 0.25) is 0 Å². The van der Waals surface area contributed by atoms with Gasteiger partial charge in [0.2, 0.25) is 11.8 Å². The maximum absolute atomic E-state index is 13.2. The van der Waals surface area contributed by atoms with Gasteiger partial charge in [-0.3, -0.25) is 58.7 Å². The second-order valence-corrected chi connectivity index (χ2v) is 15.9. The highest BCUT2D eigenvalue weighted by Gasteiger charge is 2.21. The Kier molecular flexibility index (Phi) is 21.6. The molecule has 0 atom stereocenters. The molecule has 18 nitrogen and oxygen atoms in total. The van der Waals surface area contributed by atoms with Crippen molar-refractivity contribution in [1.29, 1.82) is 0 Å². The van der Waals surface area contributed by atoms with E-state index >= 15 is 0 Å². The summed E-state index contributed by atoms with van der Waals surface area (Å²) in [5.41, 5.74) is 3.70. The summed E-state index contributed by atoms with van der Waals surface area (Å²) in [6, 6.07) is 23.2. The van der Waals surface area contributed by atoms with Gasteiger partial charge < -0.3 is 30.6 Å².